The second kappa shape index (κ2) is 5.27. The van der Waals surface area contributed by atoms with Crippen molar-refractivity contribution in [3.8, 4) is 0 Å². The van der Waals surface area contributed by atoms with Crippen LogP contribution in [0.4, 0.5) is 5.69 Å². The number of carbonyl (C=O) groups is 1. The van der Waals surface area contributed by atoms with Crippen LogP contribution in [0.3, 0.4) is 0 Å². The number of amides is 1. The number of fused-ring (bicyclic) bond motifs is 2. The van der Waals surface area contributed by atoms with Gasteiger partial charge in [0.25, 0.3) is 5.91 Å². The molecule has 0 saturated carbocycles. The number of aryl methyl sites for hydroxylation is 2. The molecule has 0 unspecified atom stereocenters. The summed E-state index contributed by atoms with van der Waals surface area (Å²) in [7, 11) is 0. The van der Waals surface area contributed by atoms with Crippen molar-refractivity contribution in [3.63, 3.8) is 0 Å². The summed E-state index contributed by atoms with van der Waals surface area (Å²) < 4.78 is 0. The topological polar surface area (TPSA) is 44.9 Å². The number of aromatic nitrogens is 1. The second-order valence-electron chi connectivity index (χ2n) is 6.49. The van der Waals surface area contributed by atoms with Crippen LogP contribution < -0.4 is 5.32 Å². The zero-order valence-electron chi connectivity index (χ0n) is 13.3. The van der Waals surface area contributed by atoms with Gasteiger partial charge in [-0.1, -0.05) is 11.6 Å². The van der Waals surface area contributed by atoms with Crippen molar-refractivity contribution < 1.29 is 4.79 Å². The van der Waals surface area contributed by atoms with Gasteiger partial charge in [-0.25, -0.2) is 0 Å². The Hall–Kier alpha value is -2.00. The van der Waals surface area contributed by atoms with E-state index in [2.05, 4.69) is 17.2 Å². The van der Waals surface area contributed by atoms with Crippen LogP contribution in [-0.2, 0) is 17.6 Å². The zero-order chi connectivity index (χ0) is 16.1. The number of aromatic amines is 1. The van der Waals surface area contributed by atoms with Crippen LogP contribution in [0.5, 0.6) is 0 Å². The van der Waals surface area contributed by atoms with Crippen LogP contribution in [0, 0.1) is 13.8 Å². The number of halogens is 1. The van der Waals surface area contributed by atoms with Crippen LogP contribution >= 0.6 is 11.6 Å². The van der Waals surface area contributed by atoms with E-state index in [1.165, 1.54) is 29.7 Å². The highest BCUT2D eigenvalue weighted by molar-refractivity contribution is 6.37. The van der Waals surface area contributed by atoms with Crippen LogP contribution in [0.2, 0.25) is 5.02 Å². The van der Waals surface area contributed by atoms with Gasteiger partial charge in [-0.05, 0) is 74.4 Å². The maximum atomic E-state index is 12.4. The van der Waals surface area contributed by atoms with E-state index in [0.29, 0.717) is 10.6 Å². The fourth-order valence-corrected chi connectivity index (χ4v) is 4.01. The average molecular weight is 327 g/mol. The fourth-order valence-electron chi connectivity index (χ4n) is 3.73. The van der Waals surface area contributed by atoms with E-state index in [0.717, 1.165) is 35.3 Å². The number of carbonyl (C=O) groups excluding carboxylic acids is 1. The van der Waals surface area contributed by atoms with E-state index >= 15 is 0 Å². The number of hydrogen-bond acceptors (Lipinski definition) is 1. The van der Waals surface area contributed by atoms with Crippen molar-refractivity contribution >= 4 is 34.8 Å². The maximum absolute atomic E-state index is 12.4. The molecule has 0 bridgehead atoms. The van der Waals surface area contributed by atoms with E-state index in [1.54, 1.807) is 0 Å². The lowest BCUT2D eigenvalue weighted by molar-refractivity contribution is -0.110. The Morgan fingerprint density at radius 1 is 1.17 bits per heavy atom. The monoisotopic (exact) mass is 326 g/mol. The quantitative estimate of drug-likeness (QED) is 0.736. The number of anilines is 1. The van der Waals surface area contributed by atoms with Crippen molar-refractivity contribution in [1.82, 2.24) is 4.98 Å². The van der Waals surface area contributed by atoms with Crippen molar-refractivity contribution in [1.29, 1.82) is 0 Å². The highest BCUT2D eigenvalue weighted by Gasteiger charge is 2.27. The molecule has 0 spiro atoms. The van der Waals surface area contributed by atoms with Gasteiger partial charge in [0.2, 0.25) is 0 Å². The second-order valence-corrected chi connectivity index (χ2v) is 6.92. The zero-order valence-corrected chi connectivity index (χ0v) is 14.1. The van der Waals surface area contributed by atoms with Gasteiger partial charge in [0.15, 0.2) is 0 Å². The predicted molar refractivity (Wildman–Crippen MR) is 94.9 cm³/mol. The fraction of sp³-hybridized carbons (Fsp3) is 0.316. The summed E-state index contributed by atoms with van der Waals surface area (Å²) >= 11 is 6.18. The Bertz CT molecular complexity index is 861. The Balaban J connectivity index is 1.85. The largest absolute Gasteiger partial charge is 0.358 e. The van der Waals surface area contributed by atoms with Gasteiger partial charge >= 0.3 is 0 Å². The number of rotatable bonds is 1. The van der Waals surface area contributed by atoms with Crippen LogP contribution in [0.1, 0.15) is 46.5 Å². The highest BCUT2D eigenvalue weighted by atomic mass is 35.5. The summed E-state index contributed by atoms with van der Waals surface area (Å²) in [4.78, 5) is 15.9. The number of benzene rings is 1. The van der Waals surface area contributed by atoms with Gasteiger partial charge < -0.3 is 10.3 Å². The summed E-state index contributed by atoms with van der Waals surface area (Å²) in [5, 5.41) is 3.62. The molecule has 23 heavy (non-hydrogen) atoms. The lowest BCUT2D eigenvalue weighted by Crippen LogP contribution is -2.04. The van der Waals surface area contributed by atoms with E-state index in [9.17, 15) is 4.79 Å². The first-order chi connectivity index (χ1) is 11.0. The molecular weight excluding hydrogens is 308 g/mol. The molecule has 2 N–H and O–H groups in total. The predicted octanol–water partition coefficient (Wildman–Crippen LogP) is 4.66. The van der Waals surface area contributed by atoms with Crippen molar-refractivity contribution in [2.75, 3.05) is 5.32 Å². The van der Waals surface area contributed by atoms with Gasteiger partial charge in [-0.2, -0.15) is 0 Å². The summed E-state index contributed by atoms with van der Waals surface area (Å²) in [5.74, 6) is -0.0580. The van der Waals surface area contributed by atoms with Gasteiger partial charge in [0.1, 0.15) is 0 Å². The minimum Gasteiger partial charge on any atom is -0.358 e. The average Bonchev–Trinajstić information content (AvgIpc) is 3.00. The molecule has 4 rings (SSSR count). The number of H-pyrrole nitrogens is 1. The molecule has 1 amide bonds. The Morgan fingerprint density at radius 3 is 2.74 bits per heavy atom. The lowest BCUT2D eigenvalue weighted by atomic mass is 9.94. The van der Waals surface area contributed by atoms with Crippen LogP contribution in [0.25, 0.3) is 11.6 Å². The standard InChI is InChI=1S/C19H19ClN2O/c1-10-7-12(20)8-14-15(19(23)22-18(10)14)9-17-11(2)13-5-3-4-6-16(13)21-17/h7-9,21H,3-6H2,1-2H3,(H,22,23). The summed E-state index contributed by atoms with van der Waals surface area (Å²) in [5.41, 5.74) is 8.54. The van der Waals surface area contributed by atoms with Crippen molar-refractivity contribution in [2.24, 2.45) is 0 Å². The number of nitrogens with one attached hydrogen (secondary N) is 2. The summed E-state index contributed by atoms with van der Waals surface area (Å²) in [6.07, 6.45) is 6.70. The SMILES string of the molecule is Cc1cc(Cl)cc2c1NC(=O)C2=Cc1[nH]c2c(c1C)CCCC2. The third-order valence-electron chi connectivity index (χ3n) is 4.97. The van der Waals surface area contributed by atoms with Gasteiger partial charge in [0, 0.05) is 22.0 Å². The molecule has 0 fully saturated rings. The molecule has 0 saturated heterocycles. The minimum absolute atomic E-state index is 0.0580. The van der Waals surface area contributed by atoms with Crippen LogP contribution in [0.15, 0.2) is 12.1 Å². The van der Waals surface area contributed by atoms with E-state index in [4.69, 9.17) is 11.6 Å². The Morgan fingerprint density at radius 2 is 1.96 bits per heavy atom. The highest BCUT2D eigenvalue weighted by Crippen LogP contribution is 2.38. The molecule has 118 valence electrons. The molecule has 1 aromatic carbocycles. The molecule has 1 aliphatic carbocycles. The third kappa shape index (κ3) is 2.31. The first-order valence-electron chi connectivity index (χ1n) is 8.08. The molecule has 1 aromatic heterocycles. The molecule has 0 radical (unpaired) electrons. The molecule has 2 aliphatic rings. The lowest BCUT2D eigenvalue weighted by Gasteiger charge is -2.10. The molecule has 1 aliphatic heterocycles. The van der Waals surface area contributed by atoms with Crippen molar-refractivity contribution in [3.05, 3.63) is 50.8 Å². The summed E-state index contributed by atoms with van der Waals surface area (Å²) in [6.45, 7) is 4.11. The smallest absolute Gasteiger partial charge is 0.256 e. The van der Waals surface area contributed by atoms with Gasteiger partial charge in [-0.3, -0.25) is 4.79 Å². The summed E-state index contributed by atoms with van der Waals surface area (Å²) in [6, 6.07) is 3.74. The molecule has 2 aromatic rings. The van der Waals surface area contributed by atoms with Crippen LogP contribution in [-0.4, -0.2) is 10.9 Å². The molecule has 3 nitrogen and oxygen atoms in total. The Kier molecular flexibility index (Phi) is 3.34. The normalized spacial score (nSPS) is 18.0. The van der Waals surface area contributed by atoms with Gasteiger partial charge in [0.05, 0.1) is 11.3 Å². The van der Waals surface area contributed by atoms with E-state index < -0.39 is 0 Å². The van der Waals surface area contributed by atoms with E-state index in [-0.39, 0.29) is 5.91 Å². The third-order valence-corrected chi connectivity index (χ3v) is 5.19. The first-order valence-corrected chi connectivity index (χ1v) is 8.46. The minimum atomic E-state index is -0.0580. The number of hydrogen-bond donors (Lipinski definition) is 2. The molecule has 2 heterocycles. The first kappa shape index (κ1) is 14.6. The molecule has 0 atom stereocenters. The Labute approximate surface area is 140 Å². The molecular formula is C19H19ClN2O. The molecule has 4 heteroatoms. The van der Waals surface area contributed by atoms with E-state index in [1.807, 2.05) is 25.1 Å². The van der Waals surface area contributed by atoms with Gasteiger partial charge in [-0.15, -0.1) is 0 Å². The van der Waals surface area contributed by atoms with Crippen molar-refractivity contribution in [2.45, 2.75) is 39.5 Å². The maximum Gasteiger partial charge on any atom is 0.256 e.